The smallest absolute Gasteiger partial charge is 0.321 e. The lowest BCUT2D eigenvalue weighted by Gasteiger charge is -2.45. The van der Waals surface area contributed by atoms with E-state index in [-0.39, 0.29) is 0 Å². The Labute approximate surface area is 257 Å². The van der Waals surface area contributed by atoms with Crippen LogP contribution in [0.15, 0.2) is 48.6 Å². The summed E-state index contributed by atoms with van der Waals surface area (Å²) in [6.45, 7) is 7.53. The zero-order valence-electron chi connectivity index (χ0n) is 27.1. The van der Waals surface area contributed by atoms with E-state index in [2.05, 4.69) is 45.1 Å². The van der Waals surface area contributed by atoms with Crippen LogP contribution in [0.2, 0.25) is 0 Å². The first kappa shape index (κ1) is 33.0. The van der Waals surface area contributed by atoms with E-state index in [1.165, 1.54) is 108 Å². The molecule has 0 radical (unpaired) electrons. The molecule has 1 N–H and O–H groups in total. The largest absolute Gasteiger partial charge is 0.480 e. The maximum Gasteiger partial charge on any atom is 0.321 e. The van der Waals surface area contributed by atoms with Gasteiger partial charge < -0.3 is 9.84 Å². The van der Waals surface area contributed by atoms with E-state index >= 15 is 0 Å². The second kappa shape index (κ2) is 16.3. The number of rotatable bonds is 16. The van der Waals surface area contributed by atoms with E-state index in [0.717, 1.165) is 42.8 Å². The lowest BCUT2D eigenvalue weighted by atomic mass is 9.64. The van der Waals surface area contributed by atoms with Crippen molar-refractivity contribution in [2.75, 3.05) is 6.61 Å². The van der Waals surface area contributed by atoms with Crippen molar-refractivity contribution in [1.29, 1.82) is 0 Å². The zero-order valence-corrected chi connectivity index (χ0v) is 27.1. The number of hydrogen-bond acceptors (Lipinski definition) is 2. The van der Waals surface area contributed by atoms with Crippen LogP contribution in [-0.2, 0) is 21.4 Å². The second-order valence-corrected chi connectivity index (χ2v) is 13.9. The van der Waals surface area contributed by atoms with Gasteiger partial charge in [0.15, 0.2) is 0 Å². The van der Waals surface area contributed by atoms with Crippen molar-refractivity contribution in [1.82, 2.24) is 0 Å². The summed E-state index contributed by atoms with van der Waals surface area (Å²) >= 11 is 0. The van der Waals surface area contributed by atoms with Crippen molar-refractivity contribution in [3.05, 3.63) is 59.7 Å². The number of benzene rings is 1. The highest BCUT2D eigenvalue weighted by Crippen LogP contribution is 2.48. The number of carboxylic acids is 1. The van der Waals surface area contributed by atoms with Crippen LogP contribution in [0, 0.1) is 23.7 Å². The van der Waals surface area contributed by atoms with Gasteiger partial charge in [-0.25, -0.2) is 0 Å². The highest BCUT2D eigenvalue weighted by atomic mass is 16.5. The number of unbranched alkanes of at least 4 members (excludes halogenated alkanes) is 5. The van der Waals surface area contributed by atoms with Crippen molar-refractivity contribution < 1.29 is 14.6 Å². The van der Waals surface area contributed by atoms with Crippen molar-refractivity contribution in [3.63, 3.8) is 0 Å². The molecule has 0 amide bonds. The molecular formula is C39H60O3. The van der Waals surface area contributed by atoms with E-state index < -0.39 is 17.0 Å². The molecule has 234 valence electrons. The molecule has 0 unspecified atom stereocenters. The number of aliphatic carboxylic acids is 1. The number of aryl methyl sites for hydroxylation is 1. The molecule has 42 heavy (non-hydrogen) atoms. The standard InChI is InChI=1S/C39H60O3/c1-4-7-9-11-30-42-39(36-24-20-34(21-25-36)33-18-14-31(12-6-3)15-19-33)28-26-38(27-29-39,37(40)41)35-22-16-32(17-23-35)13-10-8-5-2/h16-17,22-23,26-29,31,33-34,36H,4-15,18-21,24-25,30H2,1-3H3,(H,40,41)/t31-,33-,34?,36?,38?,39?. The van der Waals surface area contributed by atoms with Gasteiger partial charge in [-0.2, -0.15) is 0 Å². The van der Waals surface area contributed by atoms with Crippen molar-refractivity contribution in [3.8, 4) is 0 Å². The van der Waals surface area contributed by atoms with Crippen LogP contribution in [0.3, 0.4) is 0 Å². The van der Waals surface area contributed by atoms with Gasteiger partial charge in [0.2, 0.25) is 0 Å². The minimum Gasteiger partial charge on any atom is -0.480 e. The predicted octanol–water partition coefficient (Wildman–Crippen LogP) is 10.6. The number of carboxylic acid groups (broad SMARTS) is 1. The van der Waals surface area contributed by atoms with Gasteiger partial charge in [-0.1, -0.05) is 127 Å². The van der Waals surface area contributed by atoms with Crippen LogP contribution < -0.4 is 0 Å². The molecule has 0 aliphatic heterocycles. The molecule has 2 fully saturated rings. The molecule has 0 heterocycles. The Bertz CT molecular complexity index is 975. The third kappa shape index (κ3) is 8.19. The van der Waals surface area contributed by atoms with Crippen LogP contribution in [0.4, 0.5) is 0 Å². The van der Waals surface area contributed by atoms with E-state index in [4.69, 9.17) is 4.74 Å². The normalized spacial score (nSPS) is 31.3. The monoisotopic (exact) mass is 576 g/mol. The summed E-state index contributed by atoms with van der Waals surface area (Å²) < 4.78 is 6.79. The van der Waals surface area contributed by atoms with Crippen molar-refractivity contribution >= 4 is 5.97 Å². The first-order valence-corrected chi connectivity index (χ1v) is 17.8. The molecule has 3 aliphatic carbocycles. The van der Waals surface area contributed by atoms with Crippen LogP contribution in [0.1, 0.15) is 141 Å². The molecule has 0 bridgehead atoms. The lowest BCUT2D eigenvalue weighted by Crippen LogP contribution is -2.45. The summed E-state index contributed by atoms with van der Waals surface area (Å²) in [5.74, 6) is 2.34. The van der Waals surface area contributed by atoms with Gasteiger partial charge in [-0.05, 0) is 92.6 Å². The summed E-state index contributed by atoms with van der Waals surface area (Å²) in [5.41, 5.74) is 0.498. The topological polar surface area (TPSA) is 46.5 Å². The number of carbonyl (C=O) groups is 1. The van der Waals surface area contributed by atoms with Crippen molar-refractivity contribution in [2.45, 2.75) is 147 Å². The van der Waals surface area contributed by atoms with Gasteiger partial charge in [-0.3, -0.25) is 4.79 Å². The molecule has 4 rings (SSSR count). The Balaban J connectivity index is 1.46. The highest BCUT2D eigenvalue weighted by Gasteiger charge is 2.45. The average Bonchev–Trinajstić information content (AvgIpc) is 3.02. The fraction of sp³-hybridized carbons (Fsp3) is 0.718. The fourth-order valence-electron chi connectivity index (χ4n) is 8.28. The molecule has 0 spiro atoms. The zero-order chi connectivity index (χ0) is 29.8. The van der Waals surface area contributed by atoms with Crippen LogP contribution in [-0.4, -0.2) is 23.3 Å². The van der Waals surface area contributed by atoms with E-state index in [9.17, 15) is 9.90 Å². The summed E-state index contributed by atoms with van der Waals surface area (Å²) in [6.07, 6.45) is 31.0. The molecule has 3 heteroatoms. The fourth-order valence-corrected chi connectivity index (χ4v) is 8.28. The summed E-state index contributed by atoms with van der Waals surface area (Å²) in [5, 5.41) is 10.5. The number of ether oxygens (including phenoxy) is 1. The van der Waals surface area contributed by atoms with Gasteiger partial charge in [0.25, 0.3) is 0 Å². The number of hydrogen-bond donors (Lipinski definition) is 1. The minimum atomic E-state index is -1.13. The summed E-state index contributed by atoms with van der Waals surface area (Å²) in [6, 6.07) is 8.31. The summed E-state index contributed by atoms with van der Waals surface area (Å²) in [4.78, 5) is 12.8. The molecule has 1 aromatic carbocycles. The Morgan fingerprint density at radius 1 is 0.738 bits per heavy atom. The van der Waals surface area contributed by atoms with Crippen LogP contribution >= 0.6 is 0 Å². The third-order valence-electron chi connectivity index (χ3n) is 11.1. The highest BCUT2D eigenvalue weighted by molar-refractivity contribution is 5.87. The Hall–Kier alpha value is -1.87. The van der Waals surface area contributed by atoms with Crippen molar-refractivity contribution in [2.24, 2.45) is 23.7 Å². The first-order chi connectivity index (χ1) is 20.5. The van der Waals surface area contributed by atoms with Gasteiger partial charge in [0.05, 0.1) is 0 Å². The SMILES string of the molecule is CCCCCCOC1(C2CCC([C@H]3CC[C@H](CCC)CC3)CC2)C=CC(C(=O)O)(c2ccc(CCCCC)cc2)C=C1. The molecule has 0 atom stereocenters. The molecule has 2 saturated carbocycles. The van der Waals surface area contributed by atoms with Crippen LogP contribution in [0.5, 0.6) is 0 Å². The molecule has 3 aliphatic rings. The molecule has 3 nitrogen and oxygen atoms in total. The van der Waals surface area contributed by atoms with E-state index in [0.29, 0.717) is 5.92 Å². The Morgan fingerprint density at radius 2 is 1.33 bits per heavy atom. The van der Waals surface area contributed by atoms with Crippen LogP contribution in [0.25, 0.3) is 0 Å². The van der Waals surface area contributed by atoms with Gasteiger partial charge in [0, 0.05) is 6.61 Å². The lowest BCUT2D eigenvalue weighted by molar-refractivity contribution is -0.140. The van der Waals surface area contributed by atoms with Gasteiger partial charge >= 0.3 is 5.97 Å². The van der Waals surface area contributed by atoms with E-state index in [1.807, 2.05) is 24.3 Å². The molecular weight excluding hydrogens is 516 g/mol. The first-order valence-electron chi connectivity index (χ1n) is 17.8. The maximum absolute atomic E-state index is 12.8. The Kier molecular flexibility index (Phi) is 12.8. The molecule has 0 aromatic heterocycles. The van der Waals surface area contributed by atoms with E-state index in [1.54, 1.807) is 0 Å². The van der Waals surface area contributed by atoms with Gasteiger partial charge in [-0.15, -0.1) is 0 Å². The second-order valence-electron chi connectivity index (χ2n) is 13.9. The predicted molar refractivity (Wildman–Crippen MR) is 176 cm³/mol. The quantitative estimate of drug-likeness (QED) is 0.157. The Morgan fingerprint density at radius 3 is 1.90 bits per heavy atom. The third-order valence-corrected chi connectivity index (χ3v) is 11.1. The summed E-state index contributed by atoms with van der Waals surface area (Å²) in [7, 11) is 0. The minimum absolute atomic E-state index is 0.414. The average molecular weight is 577 g/mol. The van der Waals surface area contributed by atoms with Gasteiger partial charge in [0.1, 0.15) is 11.0 Å². The maximum atomic E-state index is 12.8. The molecule has 0 saturated heterocycles. The molecule has 1 aromatic rings.